The molecule has 110 valence electrons. The van der Waals surface area contributed by atoms with Crippen LogP contribution in [0.25, 0.3) is 0 Å². The molecule has 2 aromatic heterocycles. The van der Waals surface area contributed by atoms with Gasteiger partial charge in [0, 0.05) is 21.9 Å². The lowest BCUT2D eigenvalue weighted by Crippen LogP contribution is -2.27. The molecule has 1 unspecified atom stereocenters. The smallest absolute Gasteiger partial charge is 0.241 e. The van der Waals surface area contributed by atoms with Gasteiger partial charge < -0.3 is 9.63 Å². The second-order valence-electron chi connectivity index (χ2n) is 4.49. The molecule has 0 saturated heterocycles. The zero-order valence-electron chi connectivity index (χ0n) is 11.4. The zero-order valence-corrected chi connectivity index (χ0v) is 13.0. The van der Waals surface area contributed by atoms with E-state index in [0.29, 0.717) is 16.3 Å². The SMILES string of the molecule is Cc1noc(C)c1C(C)NS(=O)(=O)c1csc(CO)c1. The minimum Gasteiger partial charge on any atom is -0.391 e. The van der Waals surface area contributed by atoms with E-state index in [1.165, 1.54) is 22.8 Å². The topological polar surface area (TPSA) is 92.4 Å². The van der Waals surface area contributed by atoms with E-state index in [4.69, 9.17) is 9.63 Å². The maximum atomic E-state index is 12.3. The Hall–Kier alpha value is -1.22. The molecule has 0 aliphatic rings. The van der Waals surface area contributed by atoms with E-state index in [2.05, 4.69) is 9.88 Å². The van der Waals surface area contributed by atoms with E-state index in [-0.39, 0.29) is 11.5 Å². The summed E-state index contributed by atoms with van der Waals surface area (Å²) in [6.07, 6.45) is 0. The minimum absolute atomic E-state index is 0.158. The highest BCUT2D eigenvalue weighted by Gasteiger charge is 2.23. The Morgan fingerprint density at radius 3 is 2.70 bits per heavy atom. The first-order valence-electron chi connectivity index (χ1n) is 5.98. The molecule has 0 saturated carbocycles. The number of aliphatic hydroxyl groups is 1. The van der Waals surface area contributed by atoms with E-state index in [9.17, 15) is 8.42 Å². The molecule has 0 radical (unpaired) electrons. The van der Waals surface area contributed by atoms with Crippen molar-refractivity contribution in [1.29, 1.82) is 0 Å². The van der Waals surface area contributed by atoms with E-state index in [0.717, 1.165) is 5.56 Å². The molecule has 6 nitrogen and oxygen atoms in total. The van der Waals surface area contributed by atoms with E-state index in [1.807, 2.05) is 0 Å². The Morgan fingerprint density at radius 2 is 2.20 bits per heavy atom. The van der Waals surface area contributed by atoms with Gasteiger partial charge in [0.2, 0.25) is 10.0 Å². The molecule has 0 fully saturated rings. The van der Waals surface area contributed by atoms with Crippen LogP contribution in [0, 0.1) is 13.8 Å². The molecule has 0 aliphatic heterocycles. The summed E-state index contributed by atoms with van der Waals surface area (Å²) in [5.41, 5.74) is 1.41. The Labute approximate surface area is 121 Å². The highest BCUT2D eigenvalue weighted by molar-refractivity contribution is 7.89. The Balaban J connectivity index is 2.24. The molecule has 0 spiro atoms. The lowest BCUT2D eigenvalue weighted by Gasteiger charge is -2.13. The van der Waals surface area contributed by atoms with Crippen LogP contribution in [0.1, 0.15) is 34.9 Å². The van der Waals surface area contributed by atoms with Gasteiger partial charge in [-0.15, -0.1) is 11.3 Å². The number of nitrogens with zero attached hydrogens (tertiary/aromatic N) is 1. The number of hydrogen-bond acceptors (Lipinski definition) is 6. The minimum atomic E-state index is -3.63. The van der Waals surface area contributed by atoms with Crippen molar-refractivity contribution in [3.8, 4) is 0 Å². The van der Waals surface area contributed by atoms with Gasteiger partial charge in [0.05, 0.1) is 17.2 Å². The summed E-state index contributed by atoms with van der Waals surface area (Å²) in [6, 6.07) is 1.02. The van der Waals surface area contributed by atoms with Crippen molar-refractivity contribution in [1.82, 2.24) is 9.88 Å². The fourth-order valence-corrected chi connectivity index (χ4v) is 4.40. The number of rotatable bonds is 5. The lowest BCUT2D eigenvalue weighted by molar-refractivity contribution is 0.285. The summed E-state index contributed by atoms with van der Waals surface area (Å²) in [4.78, 5) is 0.764. The van der Waals surface area contributed by atoms with Crippen molar-refractivity contribution >= 4 is 21.4 Å². The average Bonchev–Trinajstić information content (AvgIpc) is 2.96. The molecule has 0 amide bonds. The predicted octanol–water partition coefficient (Wildman–Crippen LogP) is 1.88. The molecule has 0 aromatic carbocycles. The number of aryl methyl sites for hydroxylation is 2. The van der Waals surface area contributed by atoms with Crippen LogP contribution in [0.5, 0.6) is 0 Å². The van der Waals surface area contributed by atoms with Crippen LogP contribution in [0.15, 0.2) is 20.9 Å². The van der Waals surface area contributed by atoms with Gasteiger partial charge >= 0.3 is 0 Å². The van der Waals surface area contributed by atoms with Crippen molar-refractivity contribution in [2.75, 3.05) is 0 Å². The van der Waals surface area contributed by atoms with E-state index in [1.54, 1.807) is 20.8 Å². The van der Waals surface area contributed by atoms with E-state index < -0.39 is 16.1 Å². The summed E-state index contributed by atoms with van der Waals surface area (Å²) in [7, 11) is -3.63. The molecule has 2 N–H and O–H groups in total. The fraction of sp³-hybridized carbons (Fsp3) is 0.417. The second kappa shape index (κ2) is 5.65. The van der Waals surface area contributed by atoms with Crippen LogP contribution in [0.4, 0.5) is 0 Å². The molecule has 2 rings (SSSR count). The Morgan fingerprint density at radius 1 is 1.50 bits per heavy atom. The van der Waals surface area contributed by atoms with Gasteiger partial charge in [-0.05, 0) is 26.8 Å². The van der Waals surface area contributed by atoms with Crippen LogP contribution < -0.4 is 4.72 Å². The Kier molecular flexibility index (Phi) is 4.28. The molecular formula is C12H16N2O4S2. The van der Waals surface area contributed by atoms with Gasteiger partial charge in [0.15, 0.2) is 0 Å². The summed E-state index contributed by atoms with van der Waals surface area (Å²) in [6.45, 7) is 5.09. The summed E-state index contributed by atoms with van der Waals surface area (Å²) >= 11 is 1.21. The summed E-state index contributed by atoms with van der Waals surface area (Å²) < 4.78 is 32.1. The molecular weight excluding hydrogens is 300 g/mol. The number of nitrogens with one attached hydrogen (secondary N) is 1. The quantitative estimate of drug-likeness (QED) is 0.878. The molecule has 0 aliphatic carbocycles. The highest BCUT2D eigenvalue weighted by atomic mass is 32.2. The summed E-state index contributed by atoms with van der Waals surface area (Å²) in [5.74, 6) is 0.596. The van der Waals surface area contributed by atoms with Crippen LogP contribution in [0.3, 0.4) is 0 Å². The number of aliphatic hydroxyl groups excluding tert-OH is 1. The maximum Gasteiger partial charge on any atom is 0.241 e. The Bertz CT molecular complexity index is 683. The molecule has 0 bridgehead atoms. The van der Waals surface area contributed by atoms with Gasteiger partial charge in [-0.3, -0.25) is 0 Å². The first-order valence-corrected chi connectivity index (χ1v) is 8.35. The first kappa shape index (κ1) is 15.2. The van der Waals surface area contributed by atoms with Crippen LogP contribution in [0.2, 0.25) is 0 Å². The number of sulfonamides is 1. The van der Waals surface area contributed by atoms with Gasteiger partial charge in [-0.2, -0.15) is 0 Å². The number of aromatic nitrogens is 1. The van der Waals surface area contributed by atoms with Crippen molar-refractivity contribution in [3.63, 3.8) is 0 Å². The standard InChI is InChI=1S/C12H16N2O4S2/c1-7-12(9(3)18-13-7)8(2)14-20(16,17)11-4-10(5-15)19-6-11/h4,6,8,14-15H,5H2,1-3H3. The van der Waals surface area contributed by atoms with Crippen LogP contribution in [-0.2, 0) is 16.6 Å². The van der Waals surface area contributed by atoms with E-state index >= 15 is 0 Å². The third kappa shape index (κ3) is 2.93. The fourth-order valence-electron chi connectivity index (χ4n) is 2.05. The van der Waals surface area contributed by atoms with Crippen LogP contribution >= 0.6 is 11.3 Å². The largest absolute Gasteiger partial charge is 0.391 e. The lowest BCUT2D eigenvalue weighted by atomic mass is 10.1. The average molecular weight is 316 g/mol. The first-order chi connectivity index (χ1) is 9.35. The van der Waals surface area contributed by atoms with Gasteiger partial charge in [-0.1, -0.05) is 5.16 Å². The zero-order chi connectivity index (χ0) is 14.9. The predicted molar refractivity (Wildman–Crippen MR) is 75.0 cm³/mol. The number of hydrogen-bond donors (Lipinski definition) is 2. The van der Waals surface area contributed by atoms with Crippen molar-refractivity contribution in [2.45, 2.75) is 38.3 Å². The normalized spacial score (nSPS) is 13.6. The molecule has 2 aromatic rings. The van der Waals surface area contributed by atoms with Gasteiger partial charge in [0.1, 0.15) is 5.76 Å². The maximum absolute atomic E-state index is 12.3. The number of thiophene rings is 1. The monoisotopic (exact) mass is 316 g/mol. The summed E-state index contributed by atoms with van der Waals surface area (Å²) in [5, 5.41) is 14.3. The van der Waals surface area contributed by atoms with Crippen molar-refractivity contribution in [2.24, 2.45) is 0 Å². The van der Waals surface area contributed by atoms with Crippen molar-refractivity contribution in [3.05, 3.63) is 33.3 Å². The molecule has 8 heteroatoms. The van der Waals surface area contributed by atoms with Gasteiger partial charge in [-0.25, -0.2) is 13.1 Å². The van der Waals surface area contributed by atoms with Crippen molar-refractivity contribution < 1.29 is 18.0 Å². The van der Waals surface area contributed by atoms with Gasteiger partial charge in [0.25, 0.3) is 0 Å². The third-order valence-electron chi connectivity index (χ3n) is 2.95. The van der Waals surface area contributed by atoms with Crippen LogP contribution in [-0.4, -0.2) is 18.7 Å². The molecule has 2 heterocycles. The highest BCUT2D eigenvalue weighted by Crippen LogP contribution is 2.25. The molecule has 1 atom stereocenters. The third-order valence-corrected chi connectivity index (χ3v) is 5.54. The second-order valence-corrected chi connectivity index (χ2v) is 7.20. The molecule has 20 heavy (non-hydrogen) atoms.